The van der Waals surface area contributed by atoms with E-state index in [2.05, 4.69) is 5.32 Å². The Morgan fingerprint density at radius 1 is 1.03 bits per heavy atom. The third-order valence-corrected chi connectivity index (χ3v) is 4.92. The van der Waals surface area contributed by atoms with E-state index in [1.807, 2.05) is 55.6 Å². The zero-order chi connectivity index (χ0) is 20.2. The minimum absolute atomic E-state index is 0.152. The summed E-state index contributed by atoms with van der Waals surface area (Å²) in [5.74, 6) is 0.969. The van der Waals surface area contributed by atoms with Crippen LogP contribution in [0.2, 0.25) is 0 Å². The van der Waals surface area contributed by atoms with E-state index in [-0.39, 0.29) is 18.5 Å². The normalized spacial score (nSPS) is 14.3. The molecule has 0 bridgehead atoms. The lowest BCUT2D eigenvalue weighted by Crippen LogP contribution is -3.09. The van der Waals surface area contributed by atoms with Crippen LogP contribution in [0.5, 0.6) is 11.5 Å². The van der Waals surface area contributed by atoms with Crippen molar-refractivity contribution in [2.75, 3.05) is 19.2 Å². The van der Waals surface area contributed by atoms with Crippen LogP contribution >= 0.6 is 0 Å². The highest BCUT2D eigenvalue weighted by atomic mass is 19.1. The van der Waals surface area contributed by atoms with Crippen LogP contribution in [0.3, 0.4) is 0 Å². The number of hydrogen-bond acceptors (Lipinski definition) is 3. The lowest BCUT2D eigenvalue weighted by molar-refractivity contribution is -0.915. The summed E-state index contributed by atoms with van der Waals surface area (Å²) in [5, 5.41) is 2.90. The molecule has 1 aliphatic rings. The first kappa shape index (κ1) is 19.0. The quantitative estimate of drug-likeness (QED) is 0.677. The Hall–Kier alpha value is -3.38. The number of anilines is 1. The van der Waals surface area contributed by atoms with Gasteiger partial charge in [0.05, 0.1) is 7.05 Å². The molecule has 1 amide bonds. The predicted molar refractivity (Wildman–Crippen MR) is 107 cm³/mol. The SMILES string of the molecule is C[NH+](Cc1ccc2c(c1)OCO2)[C@@H](C(=O)Nc1ccc(F)cc1)c1ccccc1. The fourth-order valence-electron chi connectivity index (χ4n) is 3.53. The van der Waals surface area contributed by atoms with Crippen molar-refractivity contribution >= 4 is 11.6 Å². The number of nitrogens with one attached hydrogen (secondary N) is 2. The summed E-state index contributed by atoms with van der Waals surface area (Å²) < 4.78 is 24.0. The van der Waals surface area contributed by atoms with Gasteiger partial charge in [0.1, 0.15) is 12.4 Å². The highest BCUT2D eigenvalue weighted by molar-refractivity contribution is 5.94. The van der Waals surface area contributed by atoms with Crippen molar-refractivity contribution in [1.29, 1.82) is 0 Å². The number of halogens is 1. The molecule has 2 atom stereocenters. The summed E-state index contributed by atoms with van der Waals surface area (Å²) >= 11 is 0. The molecular weight excluding hydrogens is 371 g/mol. The van der Waals surface area contributed by atoms with Crippen LogP contribution in [0, 0.1) is 5.82 Å². The van der Waals surface area contributed by atoms with Crippen molar-refractivity contribution in [2.45, 2.75) is 12.6 Å². The summed E-state index contributed by atoms with van der Waals surface area (Å²) in [5.41, 5.74) is 2.51. The van der Waals surface area contributed by atoms with Crippen LogP contribution in [0.25, 0.3) is 0 Å². The minimum atomic E-state index is -0.438. The standard InChI is InChI=1S/C23H21FN2O3/c1-26(14-16-7-12-20-21(13-16)29-15-28-20)22(17-5-3-2-4-6-17)23(27)25-19-10-8-18(24)9-11-19/h2-13,22H,14-15H2,1H3,(H,25,27)/p+1/t22-/m1/s1. The molecule has 6 heteroatoms. The van der Waals surface area contributed by atoms with E-state index < -0.39 is 6.04 Å². The molecule has 5 nitrogen and oxygen atoms in total. The number of amides is 1. The number of rotatable bonds is 6. The van der Waals surface area contributed by atoms with Crippen LogP contribution in [0.1, 0.15) is 17.2 Å². The summed E-state index contributed by atoms with van der Waals surface area (Å²) in [6.07, 6.45) is 0. The van der Waals surface area contributed by atoms with E-state index in [1.54, 1.807) is 12.1 Å². The first-order chi connectivity index (χ1) is 14.1. The molecular formula is C23H22FN2O3+. The maximum atomic E-state index is 13.2. The molecule has 148 valence electrons. The van der Waals surface area contributed by atoms with E-state index in [4.69, 9.17) is 9.47 Å². The Balaban J connectivity index is 1.56. The lowest BCUT2D eigenvalue weighted by Gasteiger charge is -2.25. The van der Waals surface area contributed by atoms with Gasteiger partial charge in [-0.15, -0.1) is 0 Å². The van der Waals surface area contributed by atoms with Crippen molar-refractivity contribution in [3.8, 4) is 11.5 Å². The maximum Gasteiger partial charge on any atom is 0.287 e. The number of hydrogen-bond donors (Lipinski definition) is 2. The van der Waals surface area contributed by atoms with Crippen LogP contribution in [0.4, 0.5) is 10.1 Å². The van der Waals surface area contributed by atoms with Crippen LogP contribution < -0.4 is 19.7 Å². The molecule has 4 rings (SSSR count). The number of likely N-dealkylation sites (N-methyl/N-ethyl adjacent to an activating group) is 1. The van der Waals surface area contributed by atoms with Crippen molar-refractivity contribution in [3.05, 3.63) is 89.7 Å². The van der Waals surface area contributed by atoms with Gasteiger partial charge in [0.15, 0.2) is 17.5 Å². The Morgan fingerprint density at radius 3 is 2.52 bits per heavy atom. The molecule has 3 aromatic rings. The van der Waals surface area contributed by atoms with Crippen LogP contribution in [-0.2, 0) is 11.3 Å². The highest BCUT2D eigenvalue weighted by Crippen LogP contribution is 2.32. The van der Waals surface area contributed by atoms with E-state index in [0.29, 0.717) is 12.2 Å². The van der Waals surface area contributed by atoms with Gasteiger partial charge in [-0.3, -0.25) is 4.79 Å². The summed E-state index contributed by atoms with van der Waals surface area (Å²) in [6, 6.07) is 20.8. The molecule has 0 spiro atoms. The second-order valence-electron chi connectivity index (χ2n) is 7.05. The molecule has 1 aliphatic heterocycles. The van der Waals surface area contributed by atoms with Gasteiger partial charge in [0, 0.05) is 16.8 Å². The smallest absolute Gasteiger partial charge is 0.287 e. The van der Waals surface area contributed by atoms with Crippen molar-refractivity contribution in [2.24, 2.45) is 0 Å². The topological polar surface area (TPSA) is 52.0 Å². The van der Waals surface area contributed by atoms with E-state index in [0.717, 1.165) is 27.5 Å². The predicted octanol–water partition coefficient (Wildman–Crippen LogP) is 2.95. The molecule has 0 aromatic heterocycles. The molecule has 29 heavy (non-hydrogen) atoms. The Kier molecular flexibility index (Phi) is 5.44. The number of carbonyl (C=O) groups is 1. The fraction of sp³-hybridized carbons (Fsp3) is 0.174. The van der Waals surface area contributed by atoms with Crippen molar-refractivity contribution in [3.63, 3.8) is 0 Å². The van der Waals surface area contributed by atoms with Crippen LogP contribution in [-0.4, -0.2) is 19.7 Å². The second kappa shape index (κ2) is 8.32. The van der Waals surface area contributed by atoms with Crippen molar-refractivity contribution < 1.29 is 23.6 Å². The van der Waals surface area contributed by atoms with Gasteiger partial charge < -0.3 is 19.7 Å². The average molecular weight is 393 g/mol. The molecule has 0 fully saturated rings. The van der Waals surface area contributed by atoms with Gasteiger partial charge in [0.25, 0.3) is 5.91 Å². The van der Waals surface area contributed by atoms with E-state index >= 15 is 0 Å². The molecule has 1 unspecified atom stereocenters. The third kappa shape index (κ3) is 4.38. The summed E-state index contributed by atoms with van der Waals surface area (Å²) in [6.45, 7) is 0.848. The highest BCUT2D eigenvalue weighted by Gasteiger charge is 2.29. The first-order valence-corrected chi connectivity index (χ1v) is 9.42. The van der Waals surface area contributed by atoms with Gasteiger partial charge in [-0.05, 0) is 42.5 Å². The number of benzene rings is 3. The number of carbonyl (C=O) groups excluding carboxylic acids is 1. The Morgan fingerprint density at radius 2 is 1.76 bits per heavy atom. The molecule has 0 saturated carbocycles. The third-order valence-electron chi connectivity index (χ3n) is 4.92. The van der Waals surface area contributed by atoms with Gasteiger partial charge in [-0.2, -0.15) is 0 Å². The zero-order valence-electron chi connectivity index (χ0n) is 16.0. The van der Waals surface area contributed by atoms with Gasteiger partial charge in [-0.1, -0.05) is 30.3 Å². The average Bonchev–Trinajstić information content (AvgIpc) is 3.18. The zero-order valence-corrected chi connectivity index (χ0v) is 16.0. The fourth-order valence-corrected chi connectivity index (χ4v) is 3.53. The lowest BCUT2D eigenvalue weighted by atomic mass is 10.0. The van der Waals surface area contributed by atoms with Crippen molar-refractivity contribution in [1.82, 2.24) is 0 Å². The monoisotopic (exact) mass is 393 g/mol. The number of quaternary nitrogens is 1. The summed E-state index contributed by atoms with van der Waals surface area (Å²) in [7, 11) is 1.98. The molecule has 3 aromatic carbocycles. The molecule has 0 aliphatic carbocycles. The van der Waals surface area contributed by atoms with E-state index in [9.17, 15) is 9.18 Å². The molecule has 0 saturated heterocycles. The maximum absolute atomic E-state index is 13.2. The molecule has 1 heterocycles. The van der Waals surface area contributed by atoms with Gasteiger partial charge in [-0.25, -0.2) is 4.39 Å². The second-order valence-corrected chi connectivity index (χ2v) is 7.05. The minimum Gasteiger partial charge on any atom is -0.454 e. The van der Waals surface area contributed by atoms with Gasteiger partial charge in [0.2, 0.25) is 6.79 Å². The number of fused-ring (bicyclic) bond motifs is 1. The van der Waals surface area contributed by atoms with Crippen LogP contribution in [0.15, 0.2) is 72.8 Å². The Labute approximate surface area is 168 Å². The molecule has 2 N–H and O–H groups in total. The Bertz CT molecular complexity index is 993. The van der Waals surface area contributed by atoms with E-state index in [1.165, 1.54) is 12.1 Å². The number of ether oxygens (including phenoxy) is 2. The van der Waals surface area contributed by atoms with Gasteiger partial charge >= 0.3 is 0 Å². The molecule has 0 radical (unpaired) electrons. The summed E-state index contributed by atoms with van der Waals surface area (Å²) in [4.78, 5) is 14.1. The first-order valence-electron chi connectivity index (χ1n) is 9.42. The largest absolute Gasteiger partial charge is 0.454 e.